The molecule has 0 bridgehead atoms. The Morgan fingerprint density at radius 2 is 1.89 bits per heavy atom. The van der Waals surface area contributed by atoms with Crippen molar-refractivity contribution in [2.45, 2.75) is 51.5 Å². The zero-order chi connectivity index (χ0) is 13.7. The third kappa shape index (κ3) is 3.48. The fourth-order valence-corrected chi connectivity index (χ4v) is 3.27. The third-order valence-electron chi connectivity index (χ3n) is 4.67. The zero-order valence-corrected chi connectivity index (χ0v) is 12.1. The number of benzene rings is 1. The van der Waals surface area contributed by atoms with Crippen LogP contribution in [-0.2, 0) is 6.42 Å². The summed E-state index contributed by atoms with van der Waals surface area (Å²) in [6.45, 7) is 2.37. The van der Waals surface area contributed by atoms with Crippen LogP contribution in [0.4, 0.5) is 0 Å². The van der Waals surface area contributed by atoms with Crippen molar-refractivity contribution in [1.29, 1.82) is 0 Å². The van der Waals surface area contributed by atoms with Gasteiger partial charge in [0.15, 0.2) is 0 Å². The van der Waals surface area contributed by atoms with Crippen LogP contribution in [0.15, 0.2) is 24.3 Å². The molecule has 1 aromatic carbocycles. The van der Waals surface area contributed by atoms with E-state index in [1.54, 1.807) is 7.11 Å². The highest BCUT2D eigenvalue weighted by Gasteiger charge is 2.35. The van der Waals surface area contributed by atoms with Gasteiger partial charge in [-0.05, 0) is 48.8 Å². The Labute approximate surface area is 116 Å². The lowest BCUT2D eigenvalue weighted by Gasteiger charge is -2.33. The molecule has 0 spiro atoms. The van der Waals surface area contributed by atoms with Gasteiger partial charge in [-0.15, -0.1) is 0 Å². The van der Waals surface area contributed by atoms with Crippen molar-refractivity contribution < 1.29 is 4.74 Å². The minimum absolute atomic E-state index is 0.376. The van der Waals surface area contributed by atoms with Crippen LogP contribution in [0.5, 0.6) is 5.75 Å². The van der Waals surface area contributed by atoms with Crippen LogP contribution in [-0.4, -0.2) is 13.2 Å². The van der Waals surface area contributed by atoms with Gasteiger partial charge in [-0.3, -0.25) is 11.3 Å². The summed E-state index contributed by atoms with van der Waals surface area (Å²) >= 11 is 0. The largest absolute Gasteiger partial charge is 0.497 e. The molecule has 0 radical (unpaired) electrons. The minimum Gasteiger partial charge on any atom is -0.497 e. The quantitative estimate of drug-likeness (QED) is 0.612. The summed E-state index contributed by atoms with van der Waals surface area (Å²) in [4.78, 5) is 0. The first-order chi connectivity index (χ1) is 9.18. The van der Waals surface area contributed by atoms with Gasteiger partial charge in [0.25, 0.3) is 0 Å². The molecule has 0 aromatic heterocycles. The summed E-state index contributed by atoms with van der Waals surface area (Å²) in [5, 5.41) is 0. The molecule has 19 heavy (non-hydrogen) atoms. The molecular weight excluding hydrogens is 236 g/mol. The first-order valence-corrected chi connectivity index (χ1v) is 7.27. The second-order valence-electron chi connectivity index (χ2n) is 5.97. The van der Waals surface area contributed by atoms with Gasteiger partial charge in [0.1, 0.15) is 5.75 Å². The van der Waals surface area contributed by atoms with E-state index in [0.29, 0.717) is 11.5 Å². The lowest BCUT2D eigenvalue weighted by atomic mass is 9.78. The molecular formula is C16H26N2O. The van der Waals surface area contributed by atoms with Crippen LogP contribution in [0.3, 0.4) is 0 Å². The maximum Gasteiger partial charge on any atom is 0.118 e. The van der Waals surface area contributed by atoms with Crippen LogP contribution in [0, 0.1) is 5.41 Å². The standard InChI is InChI=1S/C16H26N2O/c1-16(11-3-4-12-16)15(18-17)10-7-13-5-8-14(19-2)9-6-13/h5-6,8-9,15,18H,3-4,7,10-12,17H2,1-2H3. The molecule has 0 saturated heterocycles. The number of aryl methyl sites for hydroxylation is 1. The summed E-state index contributed by atoms with van der Waals surface area (Å²) < 4.78 is 5.18. The van der Waals surface area contributed by atoms with Crippen molar-refractivity contribution in [2.75, 3.05) is 7.11 Å². The summed E-state index contributed by atoms with van der Waals surface area (Å²) in [6, 6.07) is 8.75. The van der Waals surface area contributed by atoms with Crippen LogP contribution < -0.4 is 16.0 Å². The average molecular weight is 262 g/mol. The molecule has 2 rings (SSSR count). The number of methoxy groups -OCH3 is 1. The molecule has 3 N–H and O–H groups in total. The molecule has 0 heterocycles. The summed E-state index contributed by atoms with van der Waals surface area (Å²) in [5.41, 5.74) is 4.78. The molecule has 1 unspecified atom stereocenters. The molecule has 106 valence electrons. The maximum absolute atomic E-state index is 5.78. The molecule has 1 aliphatic rings. The van der Waals surface area contributed by atoms with Gasteiger partial charge in [0.2, 0.25) is 0 Å². The van der Waals surface area contributed by atoms with Gasteiger partial charge in [-0.2, -0.15) is 0 Å². The van der Waals surface area contributed by atoms with Crippen molar-refractivity contribution in [1.82, 2.24) is 5.43 Å². The molecule has 1 aromatic rings. The Bertz CT molecular complexity index is 382. The predicted octanol–water partition coefficient (Wildman–Crippen LogP) is 3.04. The summed E-state index contributed by atoms with van der Waals surface area (Å²) in [7, 11) is 1.70. The number of rotatable bonds is 6. The van der Waals surface area contributed by atoms with Crippen LogP contribution >= 0.6 is 0 Å². The molecule has 3 nitrogen and oxygen atoms in total. The number of hydrogen-bond donors (Lipinski definition) is 2. The monoisotopic (exact) mass is 262 g/mol. The zero-order valence-electron chi connectivity index (χ0n) is 12.1. The van der Waals surface area contributed by atoms with E-state index in [4.69, 9.17) is 10.6 Å². The Hall–Kier alpha value is -1.06. The van der Waals surface area contributed by atoms with Crippen molar-refractivity contribution in [3.05, 3.63) is 29.8 Å². The van der Waals surface area contributed by atoms with Gasteiger partial charge in [-0.1, -0.05) is 31.9 Å². The fraction of sp³-hybridized carbons (Fsp3) is 0.625. The number of hydrazine groups is 1. The minimum atomic E-state index is 0.376. The van der Waals surface area contributed by atoms with Crippen molar-refractivity contribution in [2.24, 2.45) is 11.3 Å². The molecule has 0 amide bonds. The number of nitrogens with two attached hydrogens (primary N) is 1. The van der Waals surface area contributed by atoms with E-state index in [9.17, 15) is 0 Å². The van der Waals surface area contributed by atoms with Crippen LogP contribution in [0.25, 0.3) is 0 Å². The smallest absolute Gasteiger partial charge is 0.118 e. The van der Waals surface area contributed by atoms with E-state index in [0.717, 1.165) is 18.6 Å². The lowest BCUT2D eigenvalue weighted by Crippen LogP contribution is -2.46. The maximum atomic E-state index is 5.78. The summed E-state index contributed by atoms with van der Waals surface area (Å²) in [6.07, 6.45) is 7.44. The SMILES string of the molecule is COc1ccc(CCC(NN)C2(C)CCCC2)cc1. The van der Waals surface area contributed by atoms with Gasteiger partial charge in [-0.25, -0.2) is 0 Å². The third-order valence-corrected chi connectivity index (χ3v) is 4.67. The van der Waals surface area contributed by atoms with Crippen molar-refractivity contribution >= 4 is 0 Å². The first-order valence-electron chi connectivity index (χ1n) is 7.27. The van der Waals surface area contributed by atoms with Gasteiger partial charge < -0.3 is 4.74 Å². The first kappa shape index (κ1) is 14.4. The van der Waals surface area contributed by atoms with E-state index >= 15 is 0 Å². The highest BCUT2D eigenvalue weighted by Crippen LogP contribution is 2.41. The number of nitrogens with one attached hydrogen (secondary N) is 1. The Morgan fingerprint density at radius 3 is 2.42 bits per heavy atom. The van der Waals surface area contributed by atoms with E-state index in [-0.39, 0.29) is 0 Å². The highest BCUT2D eigenvalue weighted by molar-refractivity contribution is 5.27. The average Bonchev–Trinajstić information content (AvgIpc) is 2.88. The van der Waals surface area contributed by atoms with Crippen LogP contribution in [0.2, 0.25) is 0 Å². The molecule has 1 saturated carbocycles. The second-order valence-corrected chi connectivity index (χ2v) is 5.97. The van der Waals surface area contributed by atoms with E-state index in [1.165, 1.54) is 31.2 Å². The lowest BCUT2D eigenvalue weighted by molar-refractivity contribution is 0.211. The molecule has 1 atom stereocenters. The Kier molecular flexibility index (Phi) is 4.83. The fourth-order valence-electron chi connectivity index (χ4n) is 3.27. The second kappa shape index (κ2) is 6.40. The Balaban J connectivity index is 1.91. The highest BCUT2D eigenvalue weighted by atomic mass is 16.5. The van der Waals surface area contributed by atoms with E-state index < -0.39 is 0 Å². The van der Waals surface area contributed by atoms with Crippen molar-refractivity contribution in [3.63, 3.8) is 0 Å². The number of hydrogen-bond acceptors (Lipinski definition) is 3. The van der Waals surface area contributed by atoms with E-state index in [1.807, 2.05) is 12.1 Å². The molecule has 3 heteroatoms. The van der Waals surface area contributed by atoms with Gasteiger partial charge in [0, 0.05) is 6.04 Å². The molecule has 1 fully saturated rings. The molecule has 0 aliphatic heterocycles. The van der Waals surface area contributed by atoms with E-state index in [2.05, 4.69) is 24.5 Å². The van der Waals surface area contributed by atoms with Gasteiger partial charge in [0.05, 0.1) is 7.11 Å². The Morgan fingerprint density at radius 1 is 1.26 bits per heavy atom. The van der Waals surface area contributed by atoms with Crippen LogP contribution in [0.1, 0.15) is 44.6 Å². The van der Waals surface area contributed by atoms with Gasteiger partial charge >= 0.3 is 0 Å². The van der Waals surface area contributed by atoms with Crippen molar-refractivity contribution in [3.8, 4) is 5.75 Å². The molecule has 1 aliphatic carbocycles. The normalized spacial score (nSPS) is 19.3. The number of ether oxygens (including phenoxy) is 1. The predicted molar refractivity (Wildman–Crippen MR) is 79.0 cm³/mol. The summed E-state index contributed by atoms with van der Waals surface area (Å²) in [5.74, 6) is 6.69. The topological polar surface area (TPSA) is 47.3 Å².